The van der Waals surface area contributed by atoms with Crippen molar-refractivity contribution in [1.29, 1.82) is 0 Å². The smallest absolute Gasteiger partial charge is 0.267 e. The topological polar surface area (TPSA) is 85.0 Å². The summed E-state index contributed by atoms with van der Waals surface area (Å²) in [5, 5.41) is 0. The monoisotopic (exact) mass is 407 g/mol. The molecule has 0 bridgehead atoms. The number of anilines is 1. The lowest BCUT2D eigenvalue weighted by atomic mass is 9.91. The number of methoxy groups -OCH3 is 1. The molecule has 6 nitrogen and oxygen atoms in total. The van der Waals surface area contributed by atoms with Gasteiger partial charge in [0.1, 0.15) is 17.3 Å². The number of nitrogens with zero attached hydrogens (tertiary/aromatic N) is 2. The molecule has 154 valence electrons. The van der Waals surface area contributed by atoms with Gasteiger partial charge in [0.05, 0.1) is 13.2 Å². The molecule has 0 aliphatic carbocycles. The van der Waals surface area contributed by atoms with Gasteiger partial charge in [-0.05, 0) is 54.7 Å². The summed E-state index contributed by atoms with van der Waals surface area (Å²) >= 11 is 0. The van der Waals surface area contributed by atoms with Gasteiger partial charge >= 0.3 is 0 Å². The Morgan fingerprint density at radius 3 is 2.63 bits per heavy atom. The van der Waals surface area contributed by atoms with Crippen LogP contribution in [0.1, 0.15) is 30.9 Å². The average Bonchev–Trinajstić information content (AvgIpc) is 2.95. The van der Waals surface area contributed by atoms with E-state index in [2.05, 4.69) is 4.99 Å². The lowest BCUT2D eigenvalue weighted by molar-refractivity contribution is -0.115. The van der Waals surface area contributed by atoms with E-state index in [0.29, 0.717) is 48.3 Å². The Bertz CT molecular complexity index is 1060. The molecule has 1 atom stereocenters. The highest BCUT2D eigenvalue weighted by atomic mass is 19.1. The molecule has 2 N–H and O–H groups in total. The van der Waals surface area contributed by atoms with Crippen LogP contribution in [0, 0.1) is 5.82 Å². The SMILES string of the molecule is COc1cc(F)cc(C2CCC3=C(CCN(c4ccccc4)C3=O)C(C(N)=O)=N2)c1. The number of para-hydroxylation sites is 1. The Kier molecular flexibility index (Phi) is 5.35. The van der Waals surface area contributed by atoms with Gasteiger partial charge in [0, 0.05) is 23.9 Å². The molecule has 0 fully saturated rings. The van der Waals surface area contributed by atoms with Crippen molar-refractivity contribution in [1.82, 2.24) is 0 Å². The molecule has 2 amide bonds. The summed E-state index contributed by atoms with van der Waals surface area (Å²) in [4.78, 5) is 31.8. The molecular weight excluding hydrogens is 385 g/mol. The van der Waals surface area contributed by atoms with E-state index < -0.39 is 17.8 Å². The number of carbonyl (C=O) groups excluding carboxylic acids is 2. The van der Waals surface area contributed by atoms with Crippen LogP contribution < -0.4 is 15.4 Å². The number of ether oxygens (including phenoxy) is 1. The minimum Gasteiger partial charge on any atom is -0.497 e. The van der Waals surface area contributed by atoms with E-state index in [1.54, 1.807) is 11.0 Å². The Morgan fingerprint density at radius 1 is 1.17 bits per heavy atom. The molecule has 2 aromatic carbocycles. The first-order valence-corrected chi connectivity index (χ1v) is 9.79. The Hall–Kier alpha value is -3.48. The minimum absolute atomic E-state index is 0.108. The zero-order valence-electron chi connectivity index (χ0n) is 16.6. The number of halogens is 1. The van der Waals surface area contributed by atoms with Gasteiger partial charge in [0.15, 0.2) is 0 Å². The maximum atomic E-state index is 14.0. The average molecular weight is 407 g/mol. The van der Waals surface area contributed by atoms with Crippen molar-refractivity contribution in [2.75, 3.05) is 18.6 Å². The van der Waals surface area contributed by atoms with E-state index in [9.17, 15) is 14.0 Å². The van der Waals surface area contributed by atoms with E-state index in [1.165, 1.54) is 19.2 Å². The fourth-order valence-electron chi connectivity index (χ4n) is 4.07. The number of amides is 2. The predicted molar refractivity (Wildman–Crippen MR) is 112 cm³/mol. The second kappa shape index (κ2) is 8.10. The third kappa shape index (κ3) is 3.70. The van der Waals surface area contributed by atoms with Crippen LogP contribution >= 0.6 is 0 Å². The molecule has 2 aliphatic heterocycles. The summed E-state index contributed by atoms with van der Waals surface area (Å²) in [6, 6.07) is 13.3. The van der Waals surface area contributed by atoms with Crippen molar-refractivity contribution in [3.8, 4) is 5.75 Å². The number of primary amides is 1. The lowest BCUT2D eigenvalue weighted by Crippen LogP contribution is -2.40. The first-order valence-electron chi connectivity index (χ1n) is 9.79. The lowest BCUT2D eigenvalue weighted by Gasteiger charge is -2.30. The number of benzene rings is 2. The van der Waals surface area contributed by atoms with Crippen LogP contribution in [0.4, 0.5) is 10.1 Å². The summed E-state index contributed by atoms with van der Waals surface area (Å²) in [7, 11) is 1.46. The number of hydrogen-bond donors (Lipinski definition) is 1. The van der Waals surface area contributed by atoms with Gasteiger partial charge in [-0.2, -0.15) is 0 Å². The van der Waals surface area contributed by atoms with Gasteiger partial charge in [-0.3, -0.25) is 14.6 Å². The largest absolute Gasteiger partial charge is 0.497 e. The van der Waals surface area contributed by atoms with Gasteiger partial charge in [-0.25, -0.2) is 4.39 Å². The maximum Gasteiger partial charge on any atom is 0.267 e. The normalized spacial score (nSPS) is 19.1. The van der Waals surface area contributed by atoms with Gasteiger partial charge in [-0.15, -0.1) is 0 Å². The highest BCUT2D eigenvalue weighted by molar-refractivity contribution is 6.46. The van der Waals surface area contributed by atoms with Crippen molar-refractivity contribution in [3.05, 3.63) is 71.1 Å². The molecule has 7 heteroatoms. The molecule has 2 aliphatic rings. The second-order valence-corrected chi connectivity index (χ2v) is 7.32. The number of rotatable bonds is 4. The van der Waals surface area contributed by atoms with Gasteiger partial charge in [-0.1, -0.05) is 18.2 Å². The second-order valence-electron chi connectivity index (χ2n) is 7.32. The maximum absolute atomic E-state index is 14.0. The summed E-state index contributed by atoms with van der Waals surface area (Å²) in [6.07, 6.45) is 1.36. The van der Waals surface area contributed by atoms with E-state index in [0.717, 1.165) is 5.69 Å². The van der Waals surface area contributed by atoms with E-state index >= 15 is 0 Å². The van der Waals surface area contributed by atoms with Crippen molar-refractivity contribution < 1.29 is 18.7 Å². The molecule has 0 radical (unpaired) electrons. The Balaban J connectivity index is 1.71. The van der Waals surface area contributed by atoms with Gasteiger partial charge in [0.25, 0.3) is 11.8 Å². The van der Waals surface area contributed by atoms with Crippen LogP contribution in [0.2, 0.25) is 0 Å². The highest BCUT2D eigenvalue weighted by Crippen LogP contribution is 2.36. The molecule has 30 heavy (non-hydrogen) atoms. The number of aliphatic imine (C=N–C) groups is 1. The van der Waals surface area contributed by atoms with Gasteiger partial charge in [0.2, 0.25) is 0 Å². The highest BCUT2D eigenvalue weighted by Gasteiger charge is 2.34. The van der Waals surface area contributed by atoms with Crippen LogP contribution in [0.15, 0.2) is 64.7 Å². The molecule has 2 aromatic rings. The zero-order chi connectivity index (χ0) is 21.3. The van der Waals surface area contributed by atoms with Crippen molar-refractivity contribution >= 4 is 23.2 Å². The van der Waals surface area contributed by atoms with Crippen LogP contribution in [-0.2, 0) is 9.59 Å². The summed E-state index contributed by atoms with van der Waals surface area (Å²) in [5.41, 5.74) is 8.28. The fourth-order valence-corrected chi connectivity index (χ4v) is 4.07. The Morgan fingerprint density at radius 2 is 1.93 bits per heavy atom. The molecule has 0 saturated heterocycles. The Labute approximate surface area is 173 Å². The summed E-state index contributed by atoms with van der Waals surface area (Å²) < 4.78 is 19.2. The standard InChI is InChI=1S/C23H22FN3O3/c1-30-17-12-14(11-15(24)13-17)20-8-7-19-18(21(26-20)22(25)28)9-10-27(23(19)29)16-5-3-2-4-6-16/h2-6,11-13,20H,7-10H2,1H3,(H2,25,28). The first kappa shape index (κ1) is 19.8. The zero-order valence-corrected chi connectivity index (χ0v) is 16.6. The number of nitrogens with two attached hydrogens (primary N) is 1. The summed E-state index contributed by atoms with van der Waals surface area (Å²) in [6.45, 7) is 0.437. The predicted octanol–water partition coefficient (Wildman–Crippen LogP) is 3.33. The quantitative estimate of drug-likeness (QED) is 0.844. The van der Waals surface area contributed by atoms with Crippen molar-refractivity contribution in [3.63, 3.8) is 0 Å². The molecule has 0 spiro atoms. The number of carbonyl (C=O) groups is 2. The molecule has 2 heterocycles. The van der Waals surface area contributed by atoms with Crippen LogP contribution in [0.3, 0.4) is 0 Å². The number of hydrogen-bond acceptors (Lipinski definition) is 4. The van der Waals surface area contributed by atoms with Gasteiger partial charge < -0.3 is 15.4 Å². The van der Waals surface area contributed by atoms with Crippen LogP contribution in [0.25, 0.3) is 0 Å². The van der Waals surface area contributed by atoms with E-state index in [4.69, 9.17) is 10.5 Å². The van der Waals surface area contributed by atoms with Crippen LogP contribution in [-0.4, -0.2) is 31.2 Å². The van der Waals surface area contributed by atoms with Crippen molar-refractivity contribution in [2.45, 2.75) is 25.3 Å². The molecule has 0 aromatic heterocycles. The minimum atomic E-state index is -0.682. The third-order valence-corrected chi connectivity index (χ3v) is 5.51. The first-order chi connectivity index (χ1) is 14.5. The molecule has 0 saturated carbocycles. The molecule has 4 rings (SSSR count). The van der Waals surface area contributed by atoms with Crippen LogP contribution in [0.5, 0.6) is 5.75 Å². The summed E-state index contributed by atoms with van der Waals surface area (Å²) in [5.74, 6) is -0.907. The van der Waals surface area contributed by atoms with E-state index in [-0.39, 0.29) is 11.6 Å². The molecule has 1 unspecified atom stereocenters. The molecular formula is C23H22FN3O3. The third-order valence-electron chi connectivity index (χ3n) is 5.51. The fraction of sp³-hybridized carbons (Fsp3) is 0.261. The van der Waals surface area contributed by atoms with Crippen molar-refractivity contribution in [2.24, 2.45) is 10.7 Å². The van der Waals surface area contributed by atoms with E-state index in [1.807, 2.05) is 30.3 Å².